The van der Waals surface area contributed by atoms with E-state index in [0.29, 0.717) is 5.56 Å². The largest absolute Gasteiger partial charge is 0.460 e. The highest BCUT2D eigenvalue weighted by atomic mass is 32.2. The average molecular weight is 348 g/mol. The van der Waals surface area contributed by atoms with E-state index in [9.17, 15) is 26.7 Å². The molecule has 22 heavy (non-hydrogen) atoms. The molecule has 0 heterocycles. The Morgan fingerprint density at radius 3 is 2.23 bits per heavy atom. The minimum Gasteiger partial charge on any atom is -0.460 e. The van der Waals surface area contributed by atoms with E-state index in [2.05, 4.69) is 14.1 Å². The number of carbonyl (C=O) groups excluding carboxylic acids is 1. The lowest BCUT2D eigenvalue weighted by Gasteiger charge is -2.12. The van der Waals surface area contributed by atoms with E-state index >= 15 is 0 Å². The molecule has 1 N–H and O–H groups in total. The highest BCUT2D eigenvalue weighted by molar-refractivity contribution is 7.96. The quantitative estimate of drug-likeness (QED) is 0.268. The first kappa shape index (κ1) is 18.6. The molecule has 0 saturated carbocycles. The van der Waals surface area contributed by atoms with Crippen LogP contribution in [-0.2, 0) is 31.5 Å². The summed E-state index contributed by atoms with van der Waals surface area (Å²) in [5.74, 6) is -1.94. The third-order valence-electron chi connectivity index (χ3n) is 2.31. The Labute approximate surface area is 125 Å². The van der Waals surface area contributed by atoms with Gasteiger partial charge in [-0.3, -0.25) is 0 Å². The molecule has 5 nitrogen and oxygen atoms in total. The van der Waals surface area contributed by atoms with Crippen molar-refractivity contribution in [2.45, 2.75) is 17.9 Å². The van der Waals surface area contributed by atoms with Crippen molar-refractivity contribution in [1.82, 2.24) is 0 Å². The summed E-state index contributed by atoms with van der Waals surface area (Å²) in [4.78, 5) is 11.0. The maximum absolute atomic E-state index is 13.0. The van der Waals surface area contributed by atoms with Crippen LogP contribution >= 0.6 is 12.0 Å². The minimum absolute atomic E-state index is 0.0536. The summed E-state index contributed by atoms with van der Waals surface area (Å²) in [6, 6.07) is 3.95. The van der Waals surface area contributed by atoms with Crippen LogP contribution in [-0.4, -0.2) is 23.1 Å². The molecule has 11 heteroatoms. The Balaban J connectivity index is 2.45. The van der Waals surface area contributed by atoms with Gasteiger partial charge < -0.3 is 4.74 Å². The molecule has 0 spiro atoms. The molecule has 0 fully saturated rings. The molecule has 0 saturated heterocycles. The van der Waals surface area contributed by atoms with E-state index in [1.165, 1.54) is 0 Å². The fourth-order valence-electron chi connectivity index (χ4n) is 1.30. The highest BCUT2D eigenvalue weighted by Gasteiger charge is 2.44. The van der Waals surface area contributed by atoms with E-state index < -0.39 is 41.6 Å². The predicted octanol–water partition coefficient (Wildman–Crippen LogP) is 3.45. The van der Waals surface area contributed by atoms with Crippen molar-refractivity contribution in [3.05, 3.63) is 35.4 Å². The number of esters is 1. The van der Waals surface area contributed by atoms with E-state index in [4.69, 9.17) is 5.26 Å². The number of hydrogen-bond donors (Lipinski definition) is 1. The molecule has 0 aromatic heterocycles. The van der Waals surface area contributed by atoms with Gasteiger partial charge in [-0.25, -0.2) is 10.1 Å². The second-order valence-electron chi connectivity index (χ2n) is 3.82. The Hall–Kier alpha value is -1.43. The Morgan fingerprint density at radius 1 is 1.14 bits per heavy atom. The molecule has 0 atom stereocenters. The second kappa shape index (κ2) is 7.72. The van der Waals surface area contributed by atoms with Crippen molar-refractivity contribution in [3.63, 3.8) is 0 Å². The Kier molecular flexibility index (Phi) is 6.53. The maximum Gasteiger partial charge on any atom is 0.416 e. The Morgan fingerprint density at radius 2 is 1.73 bits per heavy atom. The summed E-state index contributed by atoms with van der Waals surface area (Å²) in [6.07, 6.45) is -4.53. The van der Waals surface area contributed by atoms with Crippen molar-refractivity contribution in [2.24, 2.45) is 0 Å². The zero-order chi connectivity index (χ0) is 16.8. The third kappa shape index (κ3) is 5.75. The van der Waals surface area contributed by atoms with Crippen LogP contribution in [0.15, 0.2) is 24.3 Å². The topological polar surface area (TPSA) is 65.0 Å². The van der Waals surface area contributed by atoms with E-state index in [0.717, 1.165) is 24.3 Å². The van der Waals surface area contributed by atoms with Gasteiger partial charge in [-0.15, -0.1) is 4.33 Å². The SMILES string of the molecule is O=C(OCCc1ccc(C(F)(F)F)cc1)C(F)(F)SOOO. The third-order valence-corrected chi connectivity index (χ3v) is 2.82. The van der Waals surface area contributed by atoms with Crippen LogP contribution in [0.1, 0.15) is 11.1 Å². The molecule has 0 bridgehead atoms. The van der Waals surface area contributed by atoms with Gasteiger partial charge in [-0.1, -0.05) is 17.2 Å². The number of hydrogen-bond acceptors (Lipinski definition) is 6. The number of rotatable bonds is 7. The minimum atomic E-state index is -4.47. The molecule has 0 radical (unpaired) electrons. The van der Waals surface area contributed by atoms with Crippen LogP contribution in [0.5, 0.6) is 0 Å². The second-order valence-corrected chi connectivity index (χ2v) is 4.64. The van der Waals surface area contributed by atoms with Crippen LogP contribution in [0.25, 0.3) is 0 Å². The van der Waals surface area contributed by atoms with Crippen LogP contribution in [0.2, 0.25) is 0 Å². The summed E-state index contributed by atoms with van der Waals surface area (Å²) in [5, 5.41) is 6.52. The van der Waals surface area contributed by atoms with Gasteiger partial charge in [-0.05, 0) is 17.7 Å². The molecule has 124 valence electrons. The maximum atomic E-state index is 13.0. The standard InChI is InChI=1S/C11H9F5O5S/c12-10(13,14)8-3-1-7(2-4-8)5-6-19-9(17)11(15,16)22-21-20-18/h1-4,18H,5-6H2. The van der Waals surface area contributed by atoms with Crippen LogP contribution < -0.4 is 0 Å². The number of halogens is 5. The summed E-state index contributed by atoms with van der Waals surface area (Å²) in [7, 11) is 0. The lowest BCUT2D eigenvalue weighted by molar-refractivity contribution is -0.433. The summed E-state index contributed by atoms with van der Waals surface area (Å²) in [6.45, 7) is -0.472. The van der Waals surface area contributed by atoms with Crippen molar-refractivity contribution < 1.29 is 46.1 Å². The fraction of sp³-hybridized carbons (Fsp3) is 0.364. The number of alkyl halides is 5. The van der Waals surface area contributed by atoms with Gasteiger partial charge in [0.05, 0.1) is 12.2 Å². The van der Waals surface area contributed by atoms with Gasteiger partial charge in [0.1, 0.15) is 12.0 Å². The first-order valence-corrected chi connectivity index (χ1v) is 6.28. The lowest BCUT2D eigenvalue weighted by Crippen LogP contribution is -2.28. The molecule has 0 aliphatic rings. The zero-order valence-corrected chi connectivity index (χ0v) is 11.4. The van der Waals surface area contributed by atoms with Gasteiger partial charge in [0.2, 0.25) is 0 Å². The fourth-order valence-corrected chi connectivity index (χ4v) is 1.54. The van der Waals surface area contributed by atoms with Gasteiger partial charge in [-0.2, -0.15) is 22.0 Å². The van der Waals surface area contributed by atoms with Crippen molar-refractivity contribution in [1.29, 1.82) is 0 Å². The van der Waals surface area contributed by atoms with E-state index in [-0.39, 0.29) is 6.42 Å². The molecule has 0 unspecified atom stereocenters. The Bertz CT molecular complexity index is 491. The van der Waals surface area contributed by atoms with Crippen molar-refractivity contribution >= 4 is 18.0 Å². The molecule has 0 aliphatic heterocycles. The zero-order valence-electron chi connectivity index (χ0n) is 10.6. The number of carbonyl (C=O) groups is 1. The van der Waals surface area contributed by atoms with Gasteiger partial charge in [0.25, 0.3) is 0 Å². The average Bonchev–Trinajstić information content (AvgIpc) is 2.44. The van der Waals surface area contributed by atoms with Gasteiger partial charge >= 0.3 is 17.4 Å². The number of benzene rings is 1. The number of ether oxygens (including phenoxy) is 1. The van der Waals surface area contributed by atoms with E-state index in [1.54, 1.807) is 0 Å². The molecule has 0 amide bonds. The molecular formula is C11H9F5O5S. The normalized spacial score (nSPS) is 12.3. The van der Waals surface area contributed by atoms with E-state index in [1.807, 2.05) is 0 Å². The summed E-state index contributed by atoms with van der Waals surface area (Å²) >= 11 is -0.767. The van der Waals surface area contributed by atoms with Crippen molar-refractivity contribution in [3.8, 4) is 0 Å². The molecular weight excluding hydrogens is 339 g/mol. The first-order chi connectivity index (χ1) is 10.2. The molecule has 1 aromatic rings. The van der Waals surface area contributed by atoms with Gasteiger partial charge in [0, 0.05) is 6.42 Å². The summed E-state index contributed by atoms with van der Waals surface area (Å²) < 4.78 is 70.6. The molecule has 1 rings (SSSR count). The van der Waals surface area contributed by atoms with Crippen LogP contribution in [0.4, 0.5) is 22.0 Å². The van der Waals surface area contributed by atoms with Gasteiger partial charge in [0.15, 0.2) is 0 Å². The highest BCUT2D eigenvalue weighted by Crippen LogP contribution is 2.31. The predicted molar refractivity (Wildman–Crippen MR) is 63.4 cm³/mol. The van der Waals surface area contributed by atoms with Crippen LogP contribution in [0, 0.1) is 0 Å². The first-order valence-electron chi connectivity index (χ1n) is 5.54. The monoisotopic (exact) mass is 348 g/mol. The molecule has 0 aliphatic carbocycles. The van der Waals surface area contributed by atoms with Crippen molar-refractivity contribution in [2.75, 3.05) is 6.61 Å². The summed E-state index contributed by atoms with van der Waals surface area (Å²) in [5.41, 5.74) is -0.482. The van der Waals surface area contributed by atoms with Crippen LogP contribution in [0.3, 0.4) is 0 Å². The smallest absolute Gasteiger partial charge is 0.416 e. The molecule has 1 aromatic carbocycles. The lowest BCUT2D eigenvalue weighted by atomic mass is 10.1.